The molecule has 1 aromatic carbocycles. The van der Waals surface area contributed by atoms with Crippen LogP contribution in [0.3, 0.4) is 0 Å². The van der Waals surface area contributed by atoms with Gasteiger partial charge < -0.3 is 4.74 Å². The molecule has 128 valence electrons. The van der Waals surface area contributed by atoms with Crippen LogP contribution in [-0.2, 0) is 11.3 Å². The molecule has 5 heteroatoms. The third kappa shape index (κ3) is 3.24. The first-order valence-electron chi connectivity index (χ1n) is 8.48. The molecule has 1 amide bonds. The number of amides is 1. The molecule has 2 aliphatic rings. The molecule has 0 N–H and O–H groups in total. The van der Waals surface area contributed by atoms with E-state index >= 15 is 0 Å². The number of fused-ring (bicyclic) bond motifs is 2. The molecule has 2 atom stereocenters. The molecule has 2 bridgehead atoms. The summed E-state index contributed by atoms with van der Waals surface area (Å²) in [6, 6.07) is 12.0. The molecule has 0 radical (unpaired) electrons. The monoisotopic (exact) mass is 353 g/mol. The maximum Gasteiger partial charge on any atom is 0.410 e. The van der Waals surface area contributed by atoms with Crippen LogP contribution in [-0.4, -0.2) is 29.4 Å². The molecule has 4 rings (SSSR count). The van der Waals surface area contributed by atoms with Gasteiger partial charge >= 0.3 is 6.09 Å². The molecule has 0 spiro atoms. The minimum Gasteiger partial charge on any atom is -0.445 e. The van der Waals surface area contributed by atoms with Gasteiger partial charge in [-0.3, -0.25) is 9.69 Å². The maximum atomic E-state index is 12.6. The average Bonchev–Trinajstić information content (AvgIpc) is 3.23. The van der Waals surface area contributed by atoms with Crippen LogP contribution in [0.25, 0.3) is 5.57 Å². The van der Waals surface area contributed by atoms with Crippen molar-refractivity contribution >= 4 is 29.3 Å². The van der Waals surface area contributed by atoms with Gasteiger partial charge in [0.05, 0.1) is 10.9 Å². The van der Waals surface area contributed by atoms with E-state index in [0.29, 0.717) is 6.61 Å². The van der Waals surface area contributed by atoms with Crippen molar-refractivity contribution in [1.29, 1.82) is 0 Å². The molecule has 0 aliphatic carbocycles. The second-order valence-electron chi connectivity index (χ2n) is 6.50. The number of aldehydes is 1. The van der Waals surface area contributed by atoms with Crippen LogP contribution in [0.15, 0.2) is 47.9 Å². The SMILES string of the molecule is O=Cc1cc(C2=CC3CCC(C2)N3C(=O)OCc2ccccc2)cs1. The Labute approximate surface area is 150 Å². The largest absolute Gasteiger partial charge is 0.445 e. The molecule has 0 saturated carbocycles. The van der Waals surface area contributed by atoms with E-state index in [-0.39, 0.29) is 18.2 Å². The van der Waals surface area contributed by atoms with Crippen LogP contribution >= 0.6 is 11.3 Å². The highest BCUT2D eigenvalue weighted by atomic mass is 32.1. The Morgan fingerprint density at radius 1 is 1.28 bits per heavy atom. The van der Waals surface area contributed by atoms with E-state index in [4.69, 9.17) is 4.74 Å². The summed E-state index contributed by atoms with van der Waals surface area (Å²) in [4.78, 5) is 26.1. The van der Waals surface area contributed by atoms with Crippen LogP contribution in [0.1, 0.15) is 40.1 Å². The van der Waals surface area contributed by atoms with Crippen molar-refractivity contribution in [2.45, 2.75) is 38.0 Å². The van der Waals surface area contributed by atoms with Crippen molar-refractivity contribution < 1.29 is 14.3 Å². The predicted octanol–water partition coefficient (Wildman–Crippen LogP) is 4.52. The van der Waals surface area contributed by atoms with Gasteiger partial charge in [-0.25, -0.2) is 4.79 Å². The van der Waals surface area contributed by atoms with Gasteiger partial charge in [0.25, 0.3) is 0 Å². The lowest BCUT2D eigenvalue weighted by Crippen LogP contribution is -2.43. The van der Waals surface area contributed by atoms with Gasteiger partial charge in [-0.2, -0.15) is 0 Å². The molecule has 4 nitrogen and oxygen atoms in total. The Hall–Kier alpha value is -2.40. The zero-order valence-electron chi connectivity index (χ0n) is 13.8. The normalized spacial score (nSPS) is 21.8. The number of carbonyl (C=O) groups excluding carboxylic acids is 2. The van der Waals surface area contributed by atoms with Crippen molar-refractivity contribution in [3.63, 3.8) is 0 Å². The van der Waals surface area contributed by atoms with Crippen LogP contribution in [0, 0.1) is 0 Å². The van der Waals surface area contributed by atoms with Gasteiger partial charge in [0.15, 0.2) is 6.29 Å². The molecule has 2 aromatic rings. The summed E-state index contributed by atoms with van der Waals surface area (Å²) in [6.07, 6.45) is 5.62. The fourth-order valence-electron chi connectivity index (χ4n) is 3.71. The lowest BCUT2D eigenvalue weighted by Gasteiger charge is -2.33. The Morgan fingerprint density at radius 2 is 2.12 bits per heavy atom. The first-order chi connectivity index (χ1) is 12.2. The Morgan fingerprint density at radius 3 is 2.84 bits per heavy atom. The van der Waals surface area contributed by atoms with Gasteiger partial charge in [-0.1, -0.05) is 36.4 Å². The zero-order chi connectivity index (χ0) is 17.2. The quantitative estimate of drug-likeness (QED) is 0.759. The molecule has 3 heterocycles. The number of ether oxygens (including phenoxy) is 1. The predicted molar refractivity (Wildman–Crippen MR) is 97.6 cm³/mol. The van der Waals surface area contributed by atoms with Crippen molar-refractivity contribution in [2.24, 2.45) is 0 Å². The lowest BCUT2D eigenvalue weighted by atomic mass is 9.97. The topological polar surface area (TPSA) is 46.6 Å². The second-order valence-corrected chi connectivity index (χ2v) is 7.44. The highest BCUT2D eigenvalue weighted by Gasteiger charge is 2.40. The smallest absolute Gasteiger partial charge is 0.410 e. The number of rotatable bonds is 4. The summed E-state index contributed by atoms with van der Waals surface area (Å²) < 4.78 is 5.52. The van der Waals surface area contributed by atoms with Gasteiger partial charge in [-0.05, 0) is 47.4 Å². The van der Waals surface area contributed by atoms with E-state index in [2.05, 4.69) is 6.08 Å². The summed E-state index contributed by atoms with van der Waals surface area (Å²) in [5, 5.41) is 2.03. The van der Waals surface area contributed by atoms with Crippen LogP contribution in [0.4, 0.5) is 4.79 Å². The lowest BCUT2D eigenvalue weighted by molar-refractivity contribution is 0.0832. The van der Waals surface area contributed by atoms with Gasteiger partial charge in [0.2, 0.25) is 0 Å². The molecule has 1 aromatic heterocycles. The minimum atomic E-state index is -0.231. The number of hydrogen-bond donors (Lipinski definition) is 0. The number of nitrogens with zero attached hydrogens (tertiary/aromatic N) is 1. The van der Waals surface area contributed by atoms with Gasteiger partial charge in [0, 0.05) is 6.04 Å². The average molecular weight is 353 g/mol. The molecule has 25 heavy (non-hydrogen) atoms. The molecular formula is C20H19NO3S. The number of benzene rings is 1. The highest BCUT2D eigenvalue weighted by molar-refractivity contribution is 7.11. The third-order valence-corrected chi connectivity index (χ3v) is 5.78. The van der Waals surface area contributed by atoms with Crippen LogP contribution < -0.4 is 0 Å². The van der Waals surface area contributed by atoms with Crippen molar-refractivity contribution in [2.75, 3.05) is 0 Å². The molecule has 1 saturated heterocycles. The first kappa shape index (κ1) is 16.1. The Balaban J connectivity index is 1.45. The first-order valence-corrected chi connectivity index (χ1v) is 9.36. The molecule has 1 fully saturated rings. The second kappa shape index (κ2) is 6.84. The van der Waals surface area contributed by atoms with E-state index < -0.39 is 0 Å². The number of hydrogen-bond acceptors (Lipinski definition) is 4. The fourth-order valence-corrected chi connectivity index (χ4v) is 4.44. The summed E-state index contributed by atoms with van der Waals surface area (Å²) in [6.45, 7) is 0.305. The maximum absolute atomic E-state index is 12.6. The Bertz CT molecular complexity index is 811. The van der Waals surface area contributed by atoms with E-state index in [0.717, 1.165) is 41.6 Å². The highest BCUT2D eigenvalue weighted by Crippen LogP contribution is 2.39. The van der Waals surface area contributed by atoms with E-state index in [1.54, 1.807) is 0 Å². The minimum absolute atomic E-state index is 0.0941. The van der Waals surface area contributed by atoms with Crippen molar-refractivity contribution in [3.8, 4) is 0 Å². The Kier molecular flexibility index (Phi) is 4.40. The third-order valence-electron chi connectivity index (χ3n) is 4.92. The summed E-state index contributed by atoms with van der Waals surface area (Å²) in [5.41, 5.74) is 3.35. The molecular weight excluding hydrogens is 334 g/mol. The standard InChI is InChI=1S/C20H19NO3S/c22-11-19-10-16(13-25-19)15-8-17-6-7-18(9-15)21(17)20(23)24-12-14-4-2-1-3-5-14/h1-5,8,10-11,13,17-18H,6-7,9,12H2. The van der Waals surface area contributed by atoms with Crippen molar-refractivity contribution in [3.05, 3.63) is 63.9 Å². The number of carbonyl (C=O) groups is 2. The molecule has 2 aliphatic heterocycles. The zero-order valence-corrected chi connectivity index (χ0v) is 14.6. The van der Waals surface area contributed by atoms with E-state index in [9.17, 15) is 9.59 Å². The van der Waals surface area contributed by atoms with E-state index in [1.165, 1.54) is 16.9 Å². The summed E-state index contributed by atoms with van der Waals surface area (Å²) in [7, 11) is 0. The van der Waals surface area contributed by atoms with Gasteiger partial charge in [-0.15, -0.1) is 11.3 Å². The summed E-state index contributed by atoms with van der Waals surface area (Å²) >= 11 is 1.46. The van der Waals surface area contributed by atoms with Crippen molar-refractivity contribution in [1.82, 2.24) is 4.90 Å². The van der Waals surface area contributed by atoms with Crippen LogP contribution in [0.2, 0.25) is 0 Å². The number of thiophene rings is 1. The fraction of sp³-hybridized carbons (Fsp3) is 0.300. The van der Waals surface area contributed by atoms with E-state index in [1.807, 2.05) is 46.7 Å². The van der Waals surface area contributed by atoms with Gasteiger partial charge in [0.1, 0.15) is 6.61 Å². The molecule has 2 unspecified atom stereocenters. The summed E-state index contributed by atoms with van der Waals surface area (Å²) in [5.74, 6) is 0. The van der Waals surface area contributed by atoms with Crippen LogP contribution in [0.5, 0.6) is 0 Å².